The van der Waals surface area contributed by atoms with Crippen molar-refractivity contribution in [1.82, 2.24) is 4.90 Å². The lowest BCUT2D eigenvalue weighted by molar-refractivity contribution is -0.703. The van der Waals surface area contributed by atoms with Gasteiger partial charge in [0.05, 0.1) is 30.5 Å². The topological polar surface area (TPSA) is 118 Å². The number of aryl methyl sites for hydroxylation is 2. The third-order valence-corrected chi connectivity index (χ3v) is 8.23. The summed E-state index contributed by atoms with van der Waals surface area (Å²) in [5.74, 6) is 0.235. The number of benzene rings is 4. The van der Waals surface area contributed by atoms with Gasteiger partial charge < -0.3 is 20.4 Å². The Morgan fingerprint density at radius 1 is 0.612 bits per heavy atom. The molecule has 4 N–H and O–H groups in total. The summed E-state index contributed by atoms with van der Waals surface area (Å²) in [5.41, 5.74) is 2.43. The number of aromatic hydroxyl groups is 2. The fraction of sp³-hybridized carbons (Fsp3) is 0.179. The first-order chi connectivity index (χ1) is 24.0. The minimum atomic E-state index is 0.117. The Labute approximate surface area is 285 Å². The lowest BCUT2D eigenvalue weighted by Gasteiger charge is -2.11. The molecule has 0 unspecified atom stereocenters. The molecule has 0 bridgehead atoms. The molecule has 10 nitrogen and oxygen atoms in total. The molecule has 0 amide bonds. The van der Waals surface area contributed by atoms with Crippen LogP contribution in [0.2, 0.25) is 0 Å². The van der Waals surface area contributed by atoms with Crippen LogP contribution >= 0.6 is 0 Å². The molecule has 0 saturated heterocycles. The second-order valence-electron chi connectivity index (χ2n) is 11.9. The Morgan fingerprint density at radius 2 is 1.10 bits per heavy atom. The van der Waals surface area contributed by atoms with E-state index in [-0.39, 0.29) is 11.5 Å². The molecule has 6 aromatic rings. The zero-order chi connectivity index (χ0) is 33.8. The van der Waals surface area contributed by atoms with Gasteiger partial charge in [0.25, 0.3) is 0 Å². The van der Waals surface area contributed by atoms with Crippen LogP contribution in [-0.4, -0.2) is 35.3 Å². The van der Waals surface area contributed by atoms with Gasteiger partial charge in [-0.1, -0.05) is 60.7 Å². The quantitative estimate of drug-likeness (QED) is 0.0653. The van der Waals surface area contributed by atoms with Crippen LogP contribution in [0.3, 0.4) is 0 Å². The van der Waals surface area contributed by atoms with Crippen LogP contribution in [0.1, 0.15) is 12.8 Å². The van der Waals surface area contributed by atoms with Crippen LogP contribution < -0.4 is 14.5 Å². The van der Waals surface area contributed by atoms with Gasteiger partial charge in [0, 0.05) is 55.1 Å². The summed E-state index contributed by atoms with van der Waals surface area (Å²) < 4.78 is 4.28. The number of pyridine rings is 2. The van der Waals surface area contributed by atoms with Crippen molar-refractivity contribution in [3.8, 4) is 11.5 Å². The third-order valence-electron chi connectivity index (χ3n) is 8.23. The summed E-state index contributed by atoms with van der Waals surface area (Å²) in [6.45, 7) is 3.73. The number of nitrogens with two attached hydrogens (primary N) is 1. The van der Waals surface area contributed by atoms with E-state index in [1.807, 2.05) is 110 Å². The average Bonchev–Trinajstić information content (AvgIpc) is 3.13. The first-order valence-electron chi connectivity index (χ1n) is 16.5. The summed E-state index contributed by atoms with van der Waals surface area (Å²) in [7, 11) is 2.09. The van der Waals surface area contributed by atoms with Crippen molar-refractivity contribution >= 4 is 44.3 Å². The molecule has 0 aliphatic carbocycles. The molecular weight excluding hydrogens is 612 g/mol. The SMILES string of the molecule is CN(C=C[NH2+]CCC[n+]1ccc(N=Nc2c(O)ccc3ccccc23)cc1)CCC[n+]1ccc(N=Nc2c(O)ccc3ccccc23)cc1. The number of hydrogen-bond acceptors (Lipinski definition) is 7. The number of phenols is 2. The number of azo groups is 2. The van der Waals surface area contributed by atoms with Crippen LogP contribution in [-0.2, 0) is 13.1 Å². The fourth-order valence-electron chi connectivity index (χ4n) is 5.52. The normalized spacial score (nSPS) is 11.9. The molecule has 2 aromatic heterocycles. The zero-order valence-electron chi connectivity index (χ0n) is 27.5. The van der Waals surface area contributed by atoms with Gasteiger partial charge in [-0.2, -0.15) is 0 Å². The molecule has 0 aliphatic rings. The smallest absolute Gasteiger partial charge is 0.171 e. The van der Waals surface area contributed by atoms with Crippen LogP contribution in [0.5, 0.6) is 11.5 Å². The van der Waals surface area contributed by atoms with Gasteiger partial charge in [0.1, 0.15) is 35.6 Å². The van der Waals surface area contributed by atoms with Crippen molar-refractivity contribution in [3.05, 3.63) is 134 Å². The number of rotatable bonds is 14. The highest BCUT2D eigenvalue weighted by molar-refractivity contribution is 5.96. The molecule has 0 spiro atoms. The van der Waals surface area contributed by atoms with Gasteiger partial charge in [-0.25, -0.2) is 9.13 Å². The van der Waals surface area contributed by atoms with Gasteiger partial charge in [0.15, 0.2) is 31.3 Å². The number of nitrogens with zero attached hydrogens (tertiary/aromatic N) is 7. The van der Waals surface area contributed by atoms with Crippen molar-refractivity contribution < 1.29 is 24.7 Å². The number of phenolic OH excluding ortho intramolecular Hbond substituents is 2. The molecule has 6 rings (SSSR count). The molecule has 246 valence electrons. The maximum absolute atomic E-state index is 10.3. The van der Waals surface area contributed by atoms with E-state index in [0.29, 0.717) is 11.4 Å². The van der Waals surface area contributed by atoms with E-state index in [1.54, 1.807) is 12.1 Å². The summed E-state index contributed by atoms with van der Waals surface area (Å²) in [4.78, 5) is 2.20. The highest BCUT2D eigenvalue weighted by Crippen LogP contribution is 2.37. The van der Waals surface area contributed by atoms with Gasteiger partial charge in [-0.15, -0.1) is 20.5 Å². The first-order valence-corrected chi connectivity index (χ1v) is 16.5. The lowest BCUT2D eigenvalue weighted by atomic mass is 10.1. The van der Waals surface area contributed by atoms with Crippen molar-refractivity contribution in [2.24, 2.45) is 20.5 Å². The van der Waals surface area contributed by atoms with Crippen molar-refractivity contribution in [1.29, 1.82) is 0 Å². The fourth-order valence-corrected chi connectivity index (χ4v) is 5.52. The highest BCUT2D eigenvalue weighted by atomic mass is 16.3. The van der Waals surface area contributed by atoms with Crippen molar-refractivity contribution in [2.45, 2.75) is 25.9 Å². The van der Waals surface area contributed by atoms with E-state index in [2.05, 4.69) is 59.3 Å². The van der Waals surface area contributed by atoms with Crippen LogP contribution in [0, 0.1) is 0 Å². The number of hydrogen-bond donors (Lipinski definition) is 3. The monoisotopic (exact) mass is 653 g/mol. The molecule has 0 atom stereocenters. The predicted octanol–water partition coefficient (Wildman–Crippen LogP) is 7.26. The van der Waals surface area contributed by atoms with Crippen molar-refractivity contribution in [2.75, 3.05) is 20.1 Å². The molecule has 4 aromatic carbocycles. The Balaban J connectivity index is 0.878. The predicted molar refractivity (Wildman–Crippen MR) is 191 cm³/mol. The Kier molecular flexibility index (Phi) is 10.9. The minimum absolute atomic E-state index is 0.117. The second kappa shape index (κ2) is 16.2. The van der Waals surface area contributed by atoms with E-state index in [4.69, 9.17) is 0 Å². The second-order valence-corrected chi connectivity index (χ2v) is 11.9. The van der Waals surface area contributed by atoms with Gasteiger partial charge in [-0.3, -0.25) is 0 Å². The third kappa shape index (κ3) is 8.88. The van der Waals surface area contributed by atoms with Crippen LogP contribution in [0.4, 0.5) is 22.7 Å². The van der Waals surface area contributed by atoms with E-state index < -0.39 is 0 Å². The van der Waals surface area contributed by atoms with Crippen molar-refractivity contribution in [3.63, 3.8) is 0 Å². The molecule has 0 radical (unpaired) electrons. The molecular formula is C39H41N8O2+3. The Morgan fingerprint density at radius 3 is 1.63 bits per heavy atom. The van der Waals surface area contributed by atoms with E-state index in [9.17, 15) is 10.2 Å². The van der Waals surface area contributed by atoms with Gasteiger partial charge in [0.2, 0.25) is 0 Å². The van der Waals surface area contributed by atoms with Gasteiger partial charge in [-0.05, 0) is 22.9 Å². The number of aromatic nitrogens is 2. The molecule has 0 fully saturated rings. The summed E-state index contributed by atoms with van der Waals surface area (Å²) >= 11 is 0. The molecule has 49 heavy (non-hydrogen) atoms. The summed E-state index contributed by atoms with van der Waals surface area (Å²) in [6.07, 6.45) is 14.3. The number of fused-ring (bicyclic) bond motifs is 2. The van der Waals surface area contributed by atoms with E-state index in [1.165, 1.54) is 0 Å². The highest BCUT2D eigenvalue weighted by Gasteiger charge is 2.08. The van der Waals surface area contributed by atoms with Crippen LogP contribution in [0.25, 0.3) is 21.5 Å². The molecule has 0 aliphatic heterocycles. The zero-order valence-corrected chi connectivity index (χ0v) is 27.5. The molecule has 0 saturated carbocycles. The van der Waals surface area contributed by atoms with E-state index in [0.717, 1.165) is 71.9 Å². The maximum atomic E-state index is 10.3. The molecule has 10 heteroatoms. The standard InChI is InChI=1S/C39H38N8O2/c1-45(22-7-24-47-27-18-33(19-28-47)42-44-39-35-11-5-3-9-31(35)13-15-37(39)49)29-21-40-20-6-23-46-25-16-32(17-26-46)41-43-38-34-10-4-2-8-30(34)12-14-36(38)48/h2-5,8-19,21,25-29,40H,6-7,20,22-24H2,1H3/p+3. The minimum Gasteiger partial charge on any atom is -0.506 e. The summed E-state index contributed by atoms with van der Waals surface area (Å²) in [5, 5.41) is 44.0. The summed E-state index contributed by atoms with van der Waals surface area (Å²) in [6, 6.07) is 30.4. The Bertz CT molecular complexity index is 2090. The maximum Gasteiger partial charge on any atom is 0.171 e. The average molecular weight is 654 g/mol. The van der Waals surface area contributed by atoms with Crippen LogP contribution in [0.15, 0.2) is 155 Å². The first kappa shape index (κ1) is 32.9. The number of quaternary nitrogens is 1. The Hall–Kier alpha value is -6.00. The van der Waals surface area contributed by atoms with E-state index >= 15 is 0 Å². The largest absolute Gasteiger partial charge is 0.506 e. The van der Waals surface area contributed by atoms with Gasteiger partial charge >= 0.3 is 0 Å². The molecule has 2 heterocycles. The lowest BCUT2D eigenvalue weighted by Crippen LogP contribution is -2.78.